The third-order valence-electron chi connectivity index (χ3n) is 4.19. The van der Waals surface area contributed by atoms with Gasteiger partial charge in [0.1, 0.15) is 23.2 Å². The van der Waals surface area contributed by atoms with Gasteiger partial charge in [0, 0.05) is 17.2 Å². The Hall–Kier alpha value is -3.80. The van der Waals surface area contributed by atoms with Crippen LogP contribution in [0.2, 0.25) is 0 Å². The molecule has 0 aliphatic carbocycles. The average Bonchev–Trinajstić information content (AvgIpc) is 3.19. The average molecular weight is 435 g/mol. The maximum atomic E-state index is 13.0. The summed E-state index contributed by atoms with van der Waals surface area (Å²) < 4.78 is 83.6. The van der Waals surface area contributed by atoms with Gasteiger partial charge in [-0.15, -0.1) is 0 Å². The van der Waals surface area contributed by atoms with Crippen molar-refractivity contribution in [3.05, 3.63) is 88.7 Å². The summed E-state index contributed by atoms with van der Waals surface area (Å²) in [6.07, 6.45) is -8.93. The van der Waals surface area contributed by atoms with E-state index in [1.807, 2.05) is 0 Å². The molecule has 0 unspecified atom stereocenters. The molecule has 0 saturated carbocycles. The lowest BCUT2D eigenvalue weighted by Gasteiger charge is -2.13. The number of hydrogen-bond donors (Lipinski definition) is 0. The first kappa shape index (κ1) is 21.9. The Morgan fingerprint density at radius 1 is 0.871 bits per heavy atom. The van der Waals surface area contributed by atoms with Crippen molar-refractivity contribution in [2.45, 2.75) is 12.4 Å². The lowest BCUT2D eigenvalue weighted by atomic mass is 10.0. The predicted molar refractivity (Wildman–Crippen MR) is 98.5 cm³/mol. The number of benzene rings is 2. The molecule has 9 heteroatoms. The first-order valence-electron chi connectivity index (χ1n) is 8.60. The van der Waals surface area contributed by atoms with E-state index in [1.54, 1.807) is 24.3 Å². The van der Waals surface area contributed by atoms with Crippen LogP contribution in [0.25, 0.3) is 17.4 Å². The molecule has 0 fully saturated rings. The fourth-order valence-electron chi connectivity index (χ4n) is 2.72. The summed E-state index contributed by atoms with van der Waals surface area (Å²) in [6, 6.07) is 13.0. The van der Waals surface area contributed by atoms with E-state index in [9.17, 15) is 36.4 Å². The van der Waals surface area contributed by atoms with Crippen LogP contribution in [0.3, 0.4) is 0 Å². The topological polar surface area (TPSA) is 54.0 Å². The molecule has 0 atom stereocenters. The van der Waals surface area contributed by atoms with Gasteiger partial charge in [0.15, 0.2) is 0 Å². The maximum Gasteiger partial charge on any atom is 0.416 e. The zero-order valence-electron chi connectivity index (χ0n) is 15.4. The van der Waals surface area contributed by atoms with Crippen LogP contribution in [-0.4, -0.2) is 5.78 Å². The lowest BCUT2D eigenvalue weighted by molar-refractivity contribution is -0.143. The Kier molecular flexibility index (Phi) is 5.75. The second-order valence-electron chi connectivity index (χ2n) is 6.36. The van der Waals surface area contributed by atoms with Gasteiger partial charge in [0.05, 0.1) is 11.1 Å². The van der Waals surface area contributed by atoms with Crippen molar-refractivity contribution >= 4 is 11.9 Å². The summed E-state index contributed by atoms with van der Waals surface area (Å²) in [7, 11) is 0. The number of nitriles is 1. The zero-order valence-corrected chi connectivity index (χ0v) is 15.4. The van der Waals surface area contributed by atoms with Crippen LogP contribution < -0.4 is 0 Å². The molecule has 2 aromatic carbocycles. The van der Waals surface area contributed by atoms with Gasteiger partial charge in [0.2, 0.25) is 5.78 Å². The summed E-state index contributed by atoms with van der Waals surface area (Å²) in [5.41, 5.74) is -3.50. The van der Waals surface area contributed by atoms with Gasteiger partial charge in [-0.05, 0) is 30.3 Å². The minimum Gasteiger partial charge on any atom is -0.457 e. The van der Waals surface area contributed by atoms with E-state index in [-0.39, 0.29) is 28.7 Å². The summed E-state index contributed by atoms with van der Waals surface area (Å²) in [6.45, 7) is 0. The third kappa shape index (κ3) is 5.04. The van der Waals surface area contributed by atoms with Crippen LogP contribution in [0, 0.1) is 11.3 Å². The fourth-order valence-corrected chi connectivity index (χ4v) is 2.72. The van der Waals surface area contributed by atoms with Crippen LogP contribution >= 0.6 is 0 Å². The monoisotopic (exact) mass is 435 g/mol. The minimum atomic E-state index is -5.00. The predicted octanol–water partition coefficient (Wildman–Crippen LogP) is 6.77. The normalized spacial score (nSPS) is 12.5. The summed E-state index contributed by atoms with van der Waals surface area (Å²) in [5.74, 6) is -0.978. The molecule has 0 amide bonds. The molecular formula is C22H11F6NO2. The number of halogens is 6. The number of carbonyl (C=O) groups is 1. The van der Waals surface area contributed by atoms with Crippen molar-refractivity contribution in [2.75, 3.05) is 0 Å². The van der Waals surface area contributed by atoms with E-state index < -0.39 is 34.8 Å². The highest BCUT2D eigenvalue weighted by Crippen LogP contribution is 2.39. The molecule has 1 aromatic heterocycles. The highest BCUT2D eigenvalue weighted by molar-refractivity contribution is 6.13. The second-order valence-corrected chi connectivity index (χ2v) is 6.36. The van der Waals surface area contributed by atoms with Crippen LogP contribution in [0.1, 0.15) is 27.2 Å². The molecule has 3 aromatic rings. The molecule has 0 N–H and O–H groups in total. The van der Waals surface area contributed by atoms with Crippen molar-refractivity contribution in [1.29, 1.82) is 5.26 Å². The van der Waals surface area contributed by atoms with Gasteiger partial charge in [-0.3, -0.25) is 4.79 Å². The van der Waals surface area contributed by atoms with Crippen molar-refractivity contribution in [2.24, 2.45) is 0 Å². The van der Waals surface area contributed by atoms with Crippen molar-refractivity contribution in [3.63, 3.8) is 0 Å². The Bertz CT molecular complexity index is 1150. The first-order valence-corrected chi connectivity index (χ1v) is 8.60. The highest BCUT2D eigenvalue weighted by Gasteiger charge is 2.37. The number of Topliss-reactive ketones (excluding diaryl/α,β-unsaturated/α-hetero) is 1. The Balaban J connectivity index is 2.01. The molecule has 158 valence electrons. The first-order chi connectivity index (χ1) is 14.5. The number of carbonyl (C=O) groups excluding carboxylic acids is 1. The maximum absolute atomic E-state index is 13.0. The van der Waals surface area contributed by atoms with Crippen LogP contribution in [0.15, 0.2) is 70.7 Å². The number of allylic oxidation sites excluding steroid dienone is 1. The standard InChI is InChI=1S/C22H11F6NO2/c23-21(24,25)16-8-14(9-17(11-16)22(26,27)28)19-7-6-18(31-19)10-15(12-29)20(30)13-4-2-1-3-5-13/h1-11H. The number of alkyl halides is 6. The number of ketones is 1. The molecule has 0 aliphatic heterocycles. The van der Waals surface area contributed by atoms with Gasteiger partial charge in [-0.25, -0.2) is 0 Å². The zero-order chi connectivity index (χ0) is 22.8. The van der Waals surface area contributed by atoms with Crippen molar-refractivity contribution in [1.82, 2.24) is 0 Å². The van der Waals surface area contributed by atoms with Crippen LogP contribution in [-0.2, 0) is 12.4 Å². The van der Waals surface area contributed by atoms with E-state index in [4.69, 9.17) is 4.42 Å². The SMILES string of the molecule is N#CC(=Cc1ccc(-c2cc(C(F)(F)F)cc(C(F)(F)F)c2)o1)C(=O)c1ccccc1. The molecule has 0 bridgehead atoms. The molecular weight excluding hydrogens is 424 g/mol. The van der Waals surface area contributed by atoms with Gasteiger partial charge < -0.3 is 4.42 Å². The van der Waals surface area contributed by atoms with Gasteiger partial charge in [-0.2, -0.15) is 31.6 Å². The van der Waals surface area contributed by atoms with E-state index in [1.165, 1.54) is 18.2 Å². The summed E-state index contributed by atoms with van der Waals surface area (Å²) in [4.78, 5) is 12.4. The number of hydrogen-bond acceptors (Lipinski definition) is 3. The molecule has 31 heavy (non-hydrogen) atoms. The smallest absolute Gasteiger partial charge is 0.416 e. The van der Waals surface area contributed by atoms with Crippen molar-refractivity contribution in [3.8, 4) is 17.4 Å². The van der Waals surface area contributed by atoms with Crippen LogP contribution in [0.4, 0.5) is 26.3 Å². The van der Waals surface area contributed by atoms with Gasteiger partial charge in [-0.1, -0.05) is 30.3 Å². The molecule has 3 nitrogen and oxygen atoms in total. The van der Waals surface area contributed by atoms with Crippen LogP contribution in [0.5, 0.6) is 0 Å². The second kappa shape index (κ2) is 8.14. The third-order valence-corrected chi connectivity index (χ3v) is 4.19. The summed E-state index contributed by atoms with van der Waals surface area (Å²) >= 11 is 0. The van der Waals surface area contributed by atoms with E-state index in [0.717, 1.165) is 12.1 Å². The van der Waals surface area contributed by atoms with E-state index >= 15 is 0 Å². The Morgan fingerprint density at radius 3 is 1.97 bits per heavy atom. The molecule has 0 radical (unpaired) electrons. The molecule has 0 saturated heterocycles. The molecule has 0 spiro atoms. The number of furan rings is 1. The minimum absolute atomic E-state index is 0.0135. The quantitative estimate of drug-likeness (QED) is 0.197. The Morgan fingerprint density at radius 2 is 1.45 bits per heavy atom. The molecule has 0 aliphatic rings. The number of rotatable bonds is 4. The summed E-state index contributed by atoms with van der Waals surface area (Å²) in [5, 5.41) is 9.26. The highest BCUT2D eigenvalue weighted by atomic mass is 19.4. The lowest BCUT2D eigenvalue weighted by Crippen LogP contribution is -2.11. The van der Waals surface area contributed by atoms with E-state index in [2.05, 4.69) is 0 Å². The largest absolute Gasteiger partial charge is 0.457 e. The molecule has 1 heterocycles. The van der Waals surface area contributed by atoms with E-state index in [0.29, 0.717) is 12.1 Å². The Labute approximate surface area is 171 Å². The molecule has 3 rings (SSSR count). The number of nitrogens with zero attached hydrogens (tertiary/aromatic N) is 1. The van der Waals surface area contributed by atoms with Gasteiger partial charge in [0.25, 0.3) is 0 Å². The van der Waals surface area contributed by atoms with Crippen molar-refractivity contribution < 1.29 is 35.6 Å². The van der Waals surface area contributed by atoms with Gasteiger partial charge >= 0.3 is 12.4 Å². The fraction of sp³-hybridized carbons (Fsp3) is 0.0909.